The summed E-state index contributed by atoms with van der Waals surface area (Å²) in [4.78, 5) is 0. The van der Waals surface area contributed by atoms with Crippen LogP contribution in [0.25, 0.3) is 0 Å². The fourth-order valence-electron chi connectivity index (χ4n) is 2.84. The zero-order valence-electron chi connectivity index (χ0n) is 14.0. The van der Waals surface area contributed by atoms with Crippen molar-refractivity contribution in [2.75, 3.05) is 20.3 Å². The van der Waals surface area contributed by atoms with Crippen LogP contribution in [-0.4, -0.2) is 32.5 Å². The summed E-state index contributed by atoms with van der Waals surface area (Å²) in [6, 6.07) is 10.6. The number of halogens is 2. The molecule has 2 aromatic carbocycles. The van der Waals surface area contributed by atoms with Gasteiger partial charge < -0.3 is 19.5 Å². The van der Waals surface area contributed by atoms with Gasteiger partial charge in [0.15, 0.2) is 0 Å². The SMILES string of the molecule is CO[C@@H]1CCOC[C@H]1NCc1ccc(Oc2cc(F)cc(F)c2)cc1. The maximum atomic E-state index is 13.2. The van der Waals surface area contributed by atoms with Crippen LogP contribution in [0.3, 0.4) is 0 Å². The van der Waals surface area contributed by atoms with E-state index in [2.05, 4.69) is 5.32 Å². The van der Waals surface area contributed by atoms with Gasteiger partial charge in [0.25, 0.3) is 0 Å². The smallest absolute Gasteiger partial charge is 0.133 e. The van der Waals surface area contributed by atoms with E-state index >= 15 is 0 Å². The van der Waals surface area contributed by atoms with E-state index in [4.69, 9.17) is 14.2 Å². The normalized spacial score (nSPS) is 20.4. The molecule has 0 aromatic heterocycles. The predicted molar refractivity (Wildman–Crippen MR) is 89.7 cm³/mol. The van der Waals surface area contributed by atoms with Crippen molar-refractivity contribution in [3.05, 3.63) is 59.7 Å². The van der Waals surface area contributed by atoms with E-state index < -0.39 is 11.6 Å². The molecule has 0 bridgehead atoms. The summed E-state index contributed by atoms with van der Waals surface area (Å²) in [5.41, 5.74) is 1.07. The summed E-state index contributed by atoms with van der Waals surface area (Å²) in [7, 11) is 1.71. The largest absolute Gasteiger partial charge is 0.457 e. The fraction of sp³-hybridized carbons (Fsp3) is 0.368. The van der Waals surface area contributed by atoms with Crippen LogP contribution in [0.2, 0.25) is 0 Å². The molecule has 1 N–H and O–H groups in total. The molecule has 134 valence electrons. The zero-order chi connectivity index (χ0) is 17.6. The molecule has 2 atom stereocenters. The van der Waals surface area contributed by atoms with E-state index in [1.54, 1.807) is 19.2 Å². The van der Waals surface area contributed by atoms with Gasteiger partial charge in [-0.15, -0.1) is 0 Å². The maximum absolute atomic E-state index is 13.2. The number of nitrogens with one attached hydrogen (secondary N) is 1. The Morgan fingerprint density at radius 3 is 2.48 bits per heavy atom. The first-order chi connectivity index (χ1) is 12.1. The Morgan fingerprint density at radius 2 is 1.80 bits per heavy atom. The van der Waals surface area contributed by atoms with Crippen molar-refractivity contribution in [2.45, 2.75) is 25.1 Å². The second-order valence-electron chi connectivity index (χ2n) is 5.98. The van der Waals surface area contributed by atoms with E-state index in [9.17, 15) is 8.78 Å². The van der Waals surface area contributed by atoms with Gasteiger partial charge in [0.05, 0.1) is 18.8 Å². The molecule has 1 aliphatic heterocycles. The summed E-state index contributed by atoms with van der Waals surface area (Å²) in [5, 5.41) is 3.43. The third-order valence-corrected chi connectivity index (χ3v) is 4.16. The lowest BCUT2D eigenvalue weighted by atomic mass is 10.1. The van der Waals surface area contributed by atoms with Crippen molar-refractivity contribution >= 4 is 0 Å². The molecule has 1 fully saturated rings. The minimum Gasteiger partial charge on any atom is -0.457 e. The molecule has 4 nitrogen and oxygen atoms in total. The lowest BCUT2D eigenvalue weighted by Gasteiger charge is -2.31. The number of rotatable bonds is 6. The van der Waals surface area contributed by atoms with Crippen molar-refractivity contribution in [3.63, 3.8) is 0 Å². The molecule has 0 aliphatic carbocycles. The van der Waals surface area contributed by atoms with Gasteiger partial charge in [-0.1, -0.05) is 12.1 Å². The van der Waals surface area contributed by atoms with Gasteiger partial charge in [0.1, 0.15) is 23.1 Å². The topological polar surface area (TPSA) is 39.7 Å². The highest BCUT2D eigenvalue weighted by Crippen LogP contribution is 2.23. The van der Waals surface area contributed by atoms with Crippen LogP contribution in [0.5, 0.6) is 11.5 Å². The Labute approximate surface area is 145 Å². The highest BCUT2D eigenvalue weighted by molar-refractivity contribution is 5.33. The highest BCUT2D eigenvalue weighted by Gasteiger charge is 2.24. The second-order valence-corrected chi connectivity index (χ2v) is 5.98. The molecule has 0 saturated carbocycles. The van der Waals surface area contributed by atoms with Crippen LogP contribution in [0.15, 0.2) is 42.5 Å². The predicted octanol–water partition coefficient (Wildman–Crippen LogP) is 3.65. The molecule has 0 spiro atoms. The van der Waals surface area contributed by atoms with Gasteiger partial charge in [-0.2, -0.15) is 0 Å². The molecule has 25 heavy (non-hydrogen) atoms. The standard InChI is InChI=1S/C19H21F2NO3/c1-23-19-6-7-24-12-18(19)22-11-13-2-4-16(5-3-13)25-17-9-14(20)8-15(21)10-17/h2-5,8-10,18-19,22H,6-7,11-12H2,1H3/t18-,19-/m1/s1. The first-order valence-electron chi connectivity index (χ1n) is 8.21. The van der Waals surface area contributed by atoms with Gasteiger partial charge in [-0.3, -0.25) is 0 Å². The zero-order valence-corrected chi connectivity index (χ0v) is 14.0. The number of hydrogen-bond donors (Lipinski definition) is 1. The Bertz CT molecular complexity index is 673. The van der Waals surface area contributed by atoms with E-state index in [-0.39, 0.29) is 17.9 Å². The van der Waals surface area contributed by atoms with Crippen molar-refractivity contribution in [3.8, 4) is 11.5 Å². The molecule has 1 heterocycles. The molecule has 2 aromatic rings. The number of hydrogen-bond acceptors (Lipinski definition) is 4. The minimum atomic E-state index is -0.668. The summed E-state index contributed by atoms with van der Waals surface area (Å²) in [6.45, 7) is 2.02. The molecule has 3 rings (SSSR count). The summed E-state index contributed by atoms with van der Waals surface area (Å²) in [6.07, 6.45) is 1.03. The van der Waals surface area contributed by atoms with Crippen LogP contribution in [0.1, 0.15) is 12.0 Å². The average Bonchev–Trinajstić information content (AvgIpc) is 2.60. The Kier molecular flexibility index (Phi) is 5.96. The summed E-state index contributed by atoms with van der Waals surface area (Å²) in [5.74, 6) is -0.688. The lowest BCUT2D eigenvalue weighted by molar-refractivity contribution is -0.0373. The minimum absolute atomic E-state index is 0.130. The monoisotopic (exact) mass is 349 g/mol. The average molecular weight is 349 g/mol. The Hall–Kier alpha value is -2.02. The molecule has 6 heteroatoms. The molecule has 0 radical (unpaired) electrons. The number of methoxy groups -OCH3 is 1. The van der Waals surface area contributed by atoms with Crippen molar-refractivity contribution in [1.29, 1.82) is 0 Å². The highest BCUT2D eigenvalue weighted by atomic mass is 19.1. The van der Waals surface area contributed by atoms with Crippen LogP contribution in [0.4, 0.5) is 8.78 Å². The van der Waals surface area contributed by atoms with Gasteiger partial charge >= 0.3 is 0 Å². The summed E-state index contributed by atoms with van der Waals surface area (Å²) >= 11 is 0. The third kappa shape index (κ3) is 4.98. The number of ether oxygens (including phenoxy) is 3. The van der Waals surface area contributed by atoms with E-state index in [1.165, 1.54) is 0 Å². The third-order valence-electron chi connectivity index (χ3n) is 4.16. The van der Waals surface area contributed by atoms with Crippen LogP contribution in [-0.2, 0) is 16.0 Å². The molecular weight excluding hydrogens is 328 g/mol. The molecule has 1 aliphatic rings. The van der Waals surface area contributed by atoms with Gasteiger partial charge in [-0.05, 0) is 24.1 Å². The molecule has 0 amide bonds. The second kappa shape index (κ2) is 8.38. The Morgan fingerprint density at radius 1 is 1.08 bits per heavy atom. The lowest BCUT2D eigenvalue weighted by Crippen LogP contribution is -2.47. The summed E-state index contributed by atoms with van der Waals surface area (Å²) < 4.78 is 42.8. The van der Waals surface area contributed by atoms with Crippen molar-refractivity contribution < 1.29 is 23.0 Å². The van der Waals surface area contributed by atoms with Crippen molar-refractivity contribution in [1.82, 2.24) is 5.32 Å². The first kappa shape index (κ1) is 17.8. The quantitative estimate of drug-likeness (QED) is 0.864. The van der Waals surface area contributed by atoms with Crippen LogP contribution in [0, 0.1) is 11.6 Å². The van der Waals surface area contributed by atoms with Crippen LogP contribution < -0.4 is 10.1 Å². The fourth-order valence-corrected chi connectivity index (χ4v) is 2.84. The van der Waals surface area contributed by atoms with Gasteiger partial charge in [0, 0.05) is 38.5 Å². The first-order valence-corrected chi connectivity index (χ1v) is 8.21. The van der Waals surface area contributed by atoms with Gasteiger partial charge in [-0.25, -0.2) is 8.78 Å². The van der Waals surface area contributed by atoms with E-state index in [0.29, 0.717) is 18.9 Å². The number of benzene rings is 2. The molecule has 1 saturated heterocycles. The molecular formula is C19H21F2NO3. The van der Waals surface area contributed by atoms with Crippen LogP contribution >= 0.6 is 0 Å². The van der Waals surface area contributed by atoms with Gasteiger partial charge in [0.2, 0.25) is 0 Å². The Balaban J connectivity index is 1.56. The van der Waals surface area contributed by atoms with Crippen molar-refractivity contribution in [2.24, 2.45) is 0 Å². The molecule has 0 unspecified atom stereocenters. The van der Waals surface area contributed by atoms with E-state index in [1.807, 2.05) is 12.1 Å². The van der Waals surface area contributed by atoms with E-state index in [0.717, 1.165) is 36.8 Å². The maximum Gasteiger partial charge on any atom is 0.133 e.